The minimum Gasteiger partial charge on any atom is -0.327 e. The van der Waals surface area contributed by atoms with Crippen LogP contribution in [0.4, 0.5) is 0 Å². The van der Waals surface area contributed by atoms with Crippen LogP contribution in [0, 0.1) is 5.92 Å². The minimum atomic E-state index is 0.682. The van der Waals surface area contributed by atoms with E-state index in [9.17, 15) is 0 Å². The zero-order valence-electron chi connectivity index (χ0n) is 9.70. The summed E-state index contributed by atoms with van der Waals surface area (Å²) in [5.41, 5.74) is 5.47. The summed E-state index contributed by atoms with van der Waals surface area (Å²) in [4.78, 5) is 2.68. The molecule has 0 aromatic carbocycles. The van der Waals surface area contributed by atoms with E-state index in [-0.39, 0.29) is 0 Å². The summed E-state index contributed by atoms with van der Waals surface area (Å²) >= 11 is 0. The molecule has 1 heterocycles. The van der Waals surface area contributed by atoms with Gasteiger partial charge in [0.05, 0.1) is 0 Å². The van der Waals surface area contributed by atoms with E-state index in [0.29, 0.717) is 6.54 Å². The Bertz CT molecular complexity index is 211. The maximum absolute atomic E-state index is 5.47. The van der Waals surface area contributed by atoms with Crippen molar-refractivity contribution in [2.45, 2.75) is 44.6 Å². The second-order valence-electron chi connectivity index (χ2n) is 4.96. The van der Waals surface area contributed by atoms with E-state index in [1.165, 1.54) is 45.1 Å². The number of piperidine rings is 1. The third kappa shape index (κ3) is 2.82. The predicted octanol–water partition coefficient (Wildman–Crippen LogP) is 2.16. The lowest BCUT2D eigenvalue weighted by molar-refractivity contribution is 0.0711. The smallest absolute Gasteiger partial charge is 0.0166 e. The van der Waals surface area contributed by atoms with Crippen LogP contribution in [0.5, 0.6) is 0 Å². The molecular formula is C13H24N2. The number of nitrogens with two attached hydrogens (primary N) is 1. The highest BCUT2D eigenvalue weighted by molar-refractivity contribution is 4.92. The van der Waals surface area contributed by atoms with Gasteiger partial charge in [-0.3, -0.25) is 4.90 Å². The molecule has 0 spiro atoms. The first kappa shape index (κ1) is 11.2. The third-order valence-corrected chi connectivity index (χ3v) is 4.00. The van der Waals surface area contributed by atoms with Crippen LogP contribution in [0.25, 0.3) is 0 Å². The van der Waals surface area contributed by atoms with Gasteiger partial charge in [0.25, 0.3) is 0 Å². The van der Waals surface area contributed by atoms with Crippen LogP contribution in [0.2, 0.25) is 0 Å². The first-order chi connectivity index (χ1) is 7.42. The second-order valence-corrected chi connectivity index (χ2v) is 4.96. The van der Waals surface area contributed by atoms with Gasteiger partial charge in [-0.1, -0.05) is 25.0 Å². The number of likely N-dealkylation sites (tertiary alicyclic amines) is 1. The van der Waals surface area contributed by atoms with Gasteiger partial charge in [0.1, 0.15) is 0 Å². The molecule has 1 saturated heterocycles. The molecule has 2 heteroatoms. The van der Waals surface area contributed by atoms with Gasteiger partial charge in [-0.15, -0.1) is 0 Å². The molecular weight excluding hydrogens is 184 g/mol. The van der Waals surface area contributed by atoms with E-state index in [1.807, 2.05) is 0 Å². The molecule has 0 aromatic rings. The zero-order valence-corrected chi connectivity index (χ0v) is 9.70. The number of nitrogens with zero attached hydrogens (tertiary/aromatic N) is 1. The average molecular weight is 208 g/mol. The number of hydrogen-bond donors (Lipinski definition) is 1. The summed E-state index contributed by atoms with van der Waals surface area (Å²) < 4.78 is 0. The lowest BCUT2D eigenvalue weighted by atomic mass is 9.78. The topological polar surface area (TPSA) is 29.3 Å². The Hall–Kier alpha value is -0.340. The van der Waals surface area contributed by atoms with E-state index in [2.05, 4.69) is 17.1 Å². The van der Waals surface area contributed by atoms with Crippen molar-refractivity contribution in [3.05, 3.63) is 12.2 Å². The molecule has 86 valence electrons. The molecule has 2 nitrogen and oxygen atoms in total. The molecule has 2 rings (SSSR count). The van der Waals surface area contributed by atoms with Crippen molar-refractivity contribution >= 4 is 0 Å². The third-order valence-electron chi connectivity index (χ3n) is 4.00. The highest BCUT2D eigenvalue weighted by atomic mass is 15.2. The van der Waals surface area contributed by atoms with Crippen LogP contribution >= 0.6 is 0 Å². The van der Waals surface area contributed by atoms with Crippen LogP contribution in [0.3, 0.4) is 0 Å². The van der Waals surface area contributed by atoms with Crippen molar-refractivity contribution in [3.63, 3.8) is 0 Å². The van der Waals surface area contributed by atoms with E-state index < -0.39 is 0 Å². The molecule has 2 N–H and O–H groups in total. The Morgan fingerprint density at radius 3 is 2.73 bits per heavy atom. The summed E-state index contributed by atoms with van der Waals surface area (Å²) in [5.74, 6) is 0.999. The fourth-order valence-electron chi connectivity index (χ4n) is 3.26. The predicted molar refractivity (Wildman–Crippen MR) is 64.7 cm³/mol. The summed E-state index contributed by atoms with van der Waals surface area (Å²) in [6, 6.07) is 0.884. The second kappa shape index (κ2) is 5.66. The van der Waals surface area contributed by atoms with Crippen molar-refractivity contribution in [1.29, 1.82) is 0 Å². The van der Waals surface area contributed by atoms with E-state index >= 15 is 0 Å². The zero-order chi connectivity index (χ0) is 10.5. The van der Waals surface area contributed by atoms with Crippen LogP contribution < -0.4 is 5.73 Å². The van der Waals surface area contributed by atoms with E-state index in [0.717, 1.165) is 18.5 Å². The van der Waals surface area contributed by atoms with Gasteiger partial charge in [-0.2, -0.15) is 0 Å². The minimum absolute atomic E-state index is 0.682. The molecule has 0 aromatic heterocycles. The highest BCUT2D eigenvalue weighted by Crippen LogP contribution is 2.34. The summed E-state index contributed by atoms with van der Waals surface area (Å²) in [7, 11) is 0. The van der Waals surface area contributed by atoms with Gasteiger partial charge < -0.3 is 5.73 Å². The highest BCUT2D eigenvalue weighted by Gasteiger charge is 2.32. The maximum atomic E-state index is 5.47. The maximum Gasteiger partial charge on any atom is 0.0166 e. The molecule has 2 aliphatic rings. The first-order valence-corrected chi connectivity index (χ1v) is 6.51. The van der Waals surface area contributed by atoms with Gasteiger partial charge >= 0.3 is 0 Å². The molecule has 1 saturated carbocycles. The van der Waals surface area contributed by atoms with Crippen LogP contribution in [-0.4, -0.2) is 30.6 Å². The summed E-state index contributed by atoms with van der Waals surface area (Å²) in [5, 5.41) is 0. The quantitative estimate of drug-likeness (QED) is 0.720. The Morgan fingerprint density at radius 1 is 1.07 bits per heavy atom. The van der Waals surface area contributed by atoms with Gasteiger partial charge in [0.2, 0.25) is 0 Å². The monoisotopic (exact) mass is 208 g/mol. The normalized spacial score (nSPS) is 33.1. The molecule has 15 heavy (non-hydrogen) atoms. The average Bonchev–Trinajstić information content (AvgIpc) is 2.30. The van der Waals surface area contributed by atoms with E-state index in [1.54, 1.807) is 0 Å². The Labute approximate surface area is 93.5 Å². The van der Waals surface area contributed by atoms with Crippen molar-refractivity contribution in [3.8, 4) is 0 Å². The van der Waals surface area contributed by atoms with Gasteiger partial charge in [-0.25, -0.2) is 0 Å². The fourth-order valence-corrected chi connectivity index (χ4v) is 3.26. The molecule has 0 radical (unpaired) electrons. The van der Waals surface area contributed by atoms with Gasteiger partial charge in [0, 0.05) is 19.1 Å². The van der Waals surface area contributed by atoms with Crippen molar-refractivity contribution < 1.29 is 0 Å². The number of hydrogen-bond acceptors (Lipinski definition) is 2. The molecule has 1 aliphatic carbocycles. The summed E-state index contributed by atoms with van der Waals surface area (Å²) in [6.45, 7) is 3.11. The molecule has 2 atom stereocenters. The molecule has 2 fully saturated rings. The first-order valence-electron chi connectivity index (χ1n) is 6.51. The molecule has 1 aliphatic heterocycles. The van der Waals surface area contributed by atoms with Crippen molar-refractivity contribution in [2.24, 2.45) is 11.7 Å². The van der Waals surface area contributed by atoms with Crippen LogP contribution in [-0.2, 0) is 0 Å². The standard InChI is InChI=1S/C13H24N2/c14-9-3-4-10-15-11-5-7-12-6-1-2-8-13(12)15/h3-4,12-13H,1-2,5-11,14H2. The number of fused-ring (bicyclic) bond motifs is 1. The van der Waals surface area contributed by atoms with Gasteiger partial charge in [0.15, 0.2) is 0 Å². The lowest BCUT2D eigenvalue weighted by Crippen LogP contribution is -2.46. The van der Waals surface area contributed by atoms with Crippen LogP contribution in [0.1, 0.15) is 38.5 Å². The molecule has 2 unspecified atom stereocenters. The fraction of sp³-hybridized carbons (Fsp3) is 0.846. The largest absolute Gasteiger partial charge is 0.327 e. The van der Waals surface area contributed by atoms with Crippen LogP contribution in [0.15, 0.2) is 12.2 Å². The van der Waals surface area contributed by atoms with Crippen molar-refractivity contribution in [2.75, 3.05) is 19.6 Å². The Balaban J connectivity index is 1.88. The lowest BCUT2D eigenvalue weighted by Gasteiger charge is -2.43. The molecule has 0 amide bonds. The van der Waals surface area contributed by atoms with Gasteiger partial charge in [-0.05, 0) is 38.1 Å². The molecule has 0 bridgehead atoms. The SMILES string of the molecule is NCC=CCN1CCCC2CCCCC21. The van der Waals surface area contributed by atoms with E-state index in [4.69, 9.17) is 5.73 Å². The Kier molecular flexibility index (Phi) is 4.21. The van der Waals surface area contributed by atoms with Crippen molar-refractivity contribution in [1.82, 2.24) is 4.90 Å². The Morgan fingerprint density at radius 2 is 1.87 bits per heavy atom. The summed E-state index contributed by atoms with van der Waals surface area (Å²) in [6.07, 6.45) is 13.0. The number of rotatable bonds is 3.